The van der Waals surface area contributed by atoms with Crippen molar-refractivity contribution < 1.29 is 0 Å². The lowest BCUT2D eigenvalue weighted by atomic mass is 9.73. The number of hydrogen-bond donors (Lipinski definition) is 0. The first kappa shape index (κ1) is 10.8. The molecule has 1 fully saturated rings. The van der Waals surface area contributed by atoms with E-state index in [9.17, 15) is 0 Å². The van der Waals surface area contributed by atoms with Gasteiger partial charge in [0.1, 0.15) is 0 Å². The molecule has 1 heteroatoms. The lowest BCUT2D eigenvalue weighted by molar-refractivity contribution is 0.299. The van der Waals surface area contributed by atoms with Crippen molar-refractivity contribution in [2.24, 2.45) is 11.8 Å². The Morgan fingerprint density at radius 1 is 1.23 bits per heavy atom. The normalized spacial score (nSPS) is 24.8. The molecule has 1 nitrogen and oxygen atoms in total. The molecular formula is C12H23N. The summed E-state index contributed by atoms with van der Waals surface area (Å²) in [6, 6.07) is 0.600. The van der Waals surface area contributed by atoms with Crippen LogP contribution < -0.4 is 0 Å². The van der Waals surface area contributed by atoms with E-state index in [0.717, 1.165) is 11.8 Å². The highest BCUT2D eigenvalue weighted by atomic mass is 15.1. The molecule has 0 spiro atoms. The maximum Gasteiger partial charge on any atom is 0.0246 e. The molecule has 0 saturated heterocycles. The average molecular weight is 181 g/mol. The van der Waals surface area contributed by atoms with E-state index in [1.54, 1.807) is 5.57 Å². The summed E-state index contributed by atoms with van der Waals surface area (Å²) in [5.41, 5.74) is 1.67. The summed E-state index contributed by atoms with van der Waals surface area (Å²) < 4.78 is 0. The predicted octanol–water partition coefficient (Wildman–Crippen LogP) is 2.93. The molecule has 0 heterocycles. The molecule has 0 aliphatic heterocycles. The van der Waals surface area contributed by atoms with Crippen LogP contribution in [0.3, 0.4) is 0 Å². The van der Waals surface area contributed by atoms with E-state index < -0.39 is 0 Å². The molecule has 1 rings (SSSR count). The van der Waals surface area contributed by atoms with Crippen LogP contribution in [0.4, 0.5) is 0 Å². The highest BCUT2D eigenvalue weighted by Crippen LogP contribution is 2.38. The molecule has 0 bridgehead atoms. The fourth-order valence-electron chi connectivity index (χ4n) is 1.71. The third kappa shape index (κ3) is 2.84. The van der Waals surface area contributed by atoms with Crippen LogP contribution in [0.1, 0.15) is 33.6 Å². The average Bonchev–Trinajstić information content (AvgIpc) is 1.94. The highest BCUT2D eigenvalue weighted by Gasteiger charge is 2.25. The van der Waals surface area contributed by atoms with Crippen LogP contribution in [0.15, 0.2) is 11.6 Å². The van der Waals surface area contributed by atoms with E-state index in [-0.39, 0.29) is 0 Å². The quantitative estimate of drug-likeness (QED) is 0.605. The van der Waals surface area contributed by atoms with Gasteiger partial charge in [0.15, 0.2) is 0 Å². The molecule has 1 unspecified atom stereocenters. The first-order valence-corrected chi connectivity index (χ1v) is 5.36. The van der Waals surface area contributed by atoms with Crippen molar-refractivity contribution in [2.45, 2.75) is 39.7 Å². The summed E-state index contributed by atoms with van der Waals surface area (Å²) in [5.74, 6) is 1.83. The van der Waals surface area contributed by atoms with Crippen molar-refractivity contribution >= 4 is 0 Å². The van der Waals surface area contributed by atoms with Gasteiger partial charge in [0.2, 0.25) is 0 Å². The van der Waals surface area contributed by atoms with Gasteiger partial charge in [-0.3, -0.25) is 0 Å². The smallest absolute Gasteiger partial charge is 0.0246 e. The molecular weight excluding hydrogens is 158 g/mol. The van der Waals surface area contributed by atoms with Gasteiger partial charge in [0.25, 0.3) is 0 Å². The maximum absolute atomic E-state index is 2.43. The fraction of sp³-hybridized carbons (Fsp3) is 0.833. The first-order valence-electron chi connectivity index (χ1n) is 5.36. The summed E-state index contributed by atoms with van der Waals surface area (Å²) >= 11 is 0. The van der Waals surface area contributed by atoms with Crippen molar-refractivity contribution in [2.75, 3.05) is 14.1 Å². The Balaban J connectivity index is 2.34. The monoisotopic (exact) mass is 181 g/mol. The van der Waals surface area contributed by atoms with Crippen LogP contribution in [0, 0.1) is 11.8 Å². The van der Waals surface area contributed by atoms with Gasteiger partial charge in [-0.2, -0.15) is 0 Å². The first-order chi connectivity index (χ1) is 6.00. The molecule has 0 aromatic heterocycles. The number of likely N-dealkylation sites (N-methyl/N-ethyl adjacent to an activating group) is 1. The van der Waals surface area contributed by atoms with Crippen molar-refractivity contribution in [3.63, 3.8) is 0 Å². The minimum absolute atomic E-state index is 0.600. The van der Waals surface area contributed by atoms with Crippen molar-refractivity contribution in [3.05, 3.63) is 11.6 Å². The zero-order valence-corrected chi connectivity index (χ0v) is 9.67. The summed E-state index contributed by atoms with van der Waals surface area (Å²) in [7, 11) is 4.28. The van der Waals surface area contributed by atoms with Gasteiger partial charge in [0.05, 0.1) is 0 Å². The largest absolute Gasteiger partial charge is 0.303 e. The maximum atomic E-state index is 2.43. The second-order valence-corrected chi connectivity index (χ2v) is 4.94. The summed E-state index contributed by atoms with van der Waals surface area (Å²) in [6.07, 6.45) is 5.12. The molecule has 13 heavy (non-hydrogen) atoms. The molecule has 1 aliphatic carbocycles. The van der Waals surface area contributed by atoms with Gasteiger partial charge in [-0.25, -0.2) is 0 Å². The Kier molecular flexibility index (Phi) is 3.55. The molecule has 0 N–H and O–H groups in total. The van der Waals surface area contributed by atoms with Crippen LogP contribution in [0.5, 0.6) is 0 Å². The zero-order chi connectivity index (χ0) is 10.0. The number of nitrogens with zero attached hydrogens (tertiary/aromatic N) is 1. The highest BCUT2D eigenvalue weighted by molar-refractivity contribution is 5.15. The second-order valence-electron chi connectivity index (χ2n) is 4.94. The van der Waals surface area contributed by atoms with Crippen molar-refractivity contribution in [1.29, 1.82) is 0 Å². The van der Waals surface area contributed by atoms with E-state index in [1.165, 1.54) is 12.8 Å². The molecule has 0 aromatic rings. The third-order valence-electron chi connectivity index (χ3n) is 3.28. The van der Waals surface area contributed by atoms with E-state index >= 15 is 0 Å². The predicted molar refractivity (Wildman–Crippen MR) is 58.8 cm³/mol. The van der Waals surface area contributed by atoms with Crippen molar-refractivity contribution in [1.82, 2.24) is 4.90 Å². The summed E-state index contributed by atoms with van der Waals surface area (Å²) in [4.78, 5) is 2.26. The Morgan fingerprint density at radius 2 is 1.77 bits per heavy atom. The standard InChI is InChI=1S/C12H23N/c1-9(2)12-7-11(8-12)6-10(3)13(4)5/h6,9-10,12H,7-8H2,1-5H3. The van der Waals surface area contributed by atoms with E-state index in [0.29, 0.717) is 6.04 Å². The Bertz CT molecular complexity index is 183. The second kappa shape index (κ2) is 4.28. The third-order valence-corrected chi connectivity index (χ3v) is 3.28. The topological polar surface area (TPSA) is 3.24 Å². The van der Waals surface area contributed by atoms with Gasteiger partial charge < -0.3 is 4.90 Å². The molecule has 76 valence electrons. The van der Waals surface area contributed by atoms with Crippen LogP contribution in [0.25, 0.3) is 0 Å². The fourth-order valence-corrected chi connectivity index (χ4v) is 1.71. The van der Waals surface area contributed by atoms with Crippen LogP contribution in [-0.2, 0) is 0 Å². The Labute approximate surface area is 82.8 Å². The Hall–Kier alpha value is -0.300. The number of rotatable bonds is 3. The van der Waals surface area contributed by atoms with Crippen molar-refractivity contribution in [3.8, 4) is 0 Å². The lowest BCUT2D eigenvalue weighted by Crippen LogP contribution is -2.26. The van der Waals surface area contributed by atoms with Gasteiger partial charge in [-0.15, -0.1) is 0 Å². The molecule has 1 atom stereocenters. The lowest BCUT2D eigenvalue weighted by Gasteiger charge is -2.34. The van der Waals surface area contributed by atoms with E-state index in [1.807, 2.05) is 0 Å². The molecule has 0 amide bonds. The Morgan fingerprint density at radius 3 is 2.15 bits per heavy atom. The van der Waals surface area contributed by atoms with Crippen LogP contribution >= 0.6 is 0 Å². The minimum Gasteiger partial charge on any atom is -0.303 e. The molecule has 0 radical (unpaired) electrons. The SMILES string of the molecule is CC(C)C1CC(=CC(C)N(C)C)C1. The van der Waals surface area contributed by atoms with Gasteiger partial charge >= 0.3 is 0 Å². The van der Waals surface area contributed by atoms with E-state index in [4.69, 9.17) is 0 Å². The van der Waals surface area contributed by atoms with Crippen LogP contribution in [0.2, 0.25) is 0 Å². The molecule has 0 aromatic carbocycles. The van der Waals surface area contributed by atoms with Gasteiger partial charge in [-0.1, -0.05) is 25.5 Å². The number of allylic oxidation sites excluding steroid dienone is 1. The number of hydrogen-bond acceptors (Lipinski definition) is 1. The van der Waals surface area contributed by atoms with Gasteiger partial charge in [-0.05, 0) is 45.7 Å². The molecule has 1 aliphatic rings. The zero-order valence-electron chi connectivity index (χ0n) is 9.67. The summed E-state index contributed by atoms with van der Waals surface area (Å²) in [5, 5.41) is 0. The minimum atomic E-state index is 0.600. The van der Waals surface area contributed by atoms with Crippen LogP contribution in [-0.4, -0.2) is 25.0 Å². The molecule has 1 saturated carbocycles. The summed E-state index contributed by atoms with van der Waals surface area (Å²) in [6.45, 7) is 6.92. The van der Waals surface area contributed by atoms with Gasteiger partial charge in [0, 0.05) is 6.04 Å². The van der Waals surface area contributed by atoms with E-state index in [2.05, 4.69) is 45.8 Å².